The molecule has 0 aliphatic carbocycles. The fourth-order valence-electron chi connectivity index (χ4n) is 2.61. The van der Waals surface area contributed by atoms with Gasteiger partial charge in [-0.25, -0.2) is 0 Å². The Bertz CT molecular complexity index is 952. The predicted octanol–water partition coefficient (Wildman–Crippen LogP) is 2.18. The molecule has 7 nitrogen and oxygen atoms in total. The summed E-state index contributed by atoms with van der Waals surface area (Å²) in [7, 11) is 1.45. The van der Waals surface area contributed by atoms with E-state index in [1.54, 1.807) is 30.3 Å². The lowest BCUT2D eigenvalue weighted by Gasteiger charge is -2.15. The number of ketones is 1. The summed E-state index contributed by atoms with van der Waals surface area (Å²) < 4.78 is 11.3. The molecule has 7 heteroatoms. The van der Waals surface area contributed by atoms with Crippen LogP contribution < -0.4 is 10.3 Å². The molecule has 0 atom stereocenters. The number of ether oxygens (including phenoxy) is 2. The Morgan fingerprint density at radius 3 is 2.59 bits per heavy atom. The zero-order valence-electron chi connectivity index (χ0n) is 15.2. The number of aromatic nitrogens is 1. The molecule has 0 aliphatic rings. The molecule has 1 aromatic heterocycles. The van der Waals surface area contributed by atoms with E-state index in [4.69, 9.17) is 9.47 Å². The third-order valence-corrected chi connectivity index (χ3v) is 4.03. The molecule has 27 heavy (non-hydrogen) atoms. The van der Waals surface area contributed by atoms with E-state index in [1.807, 2.05) is 6.07 Å². The number of carbonyl (C=O) groups is 1. The first-order valence-corrected chi connectivity index (χ1v) is 8.20. The van der Waals surface area contributed by atoms with Gasteiger partial charge in [-0.3, -0.25) is 14.2 Å². The van der Waals surface area contributed by atoms with Crippen molar-refractivity contribution in [3.63, 3.8) is 0 Å². The summed E-state index contributed by atoms with van der Waals surface area (Å²) in [4.78, 5) is 25.3. The third-order valence-electron chi connectivity index (χ3n) is 4.03. The number of hydrogen-bond donors (Lipinski definition) is 1. The van der Waals surface area contributed by atoms with Crippen LogP contribution in [0.15, 0.2) is 41.7 Å². The first-order chi connectivity index (χ1) is 13.0. The monoisotopic (exact) mass is 368 g/mol. The molecule has 0 aliphatic heterocycles. The van der Waals surface area contributed by atoms with Gasteiger partial charge in [0.15, 0.2) is 5.78 Å². The van der Waals surface area contributed by atoms with Crippen molar-refractivity contribution < 1.29 is 19.4 Å². The lowest BCUT2D eigenvalue weighted by Crippen LogP contribution is -2.28. The highest BCUT2D eigenvalue weighted by Gasteiger charge is 2.24. The van der Waals surface area contributed by atoms with Gasteiger partial charge in [0.2, 0.25) is 5.88 Å². The van der Waals surface area contributed by atoms with E-state index < -0.39 is 17.2 Å². The molecule has 0 unspecified atom stereocenters. The summed E-state index contributed by atoms with van der Waals surface area (Å²) in [6.45, 7) is 5.53. The molecule has 140 valence electrons. The summed E-state index contributed by atoms with van der Waals surface area (Å²) in [5.41, 5.74) is -0.486. The molecule has 1 heterocycles. The van der Waals surface area contributed by atoms with E-state index in [1.165, 1.54) is 14.0 Å². The number of pyridine rings is 1. The quantitative estimate of drug-likeness (QED) is 0.566. The maximum Gasteiger partial charge on any atom is 0.271 e. The zero-order valence-corrected chi connectivity index (χ0v) is 15.2. The number of nitrogens with zero attached hydrogens (tertiary/aromatic N) is 2. The molecule has 0 saturated carbocycles. The number of benzene rings is 1. The second-order valence-corrected chi connectivity index (χ2v) is 5.71. The number of aromatic hydroxyl groups is 1. The molecule has 0 radical (unpaired) electrons. The van der Waals surface area contributed by atoms with Gasteiger partial charge < -0.3 is 14.6 Å². The molecule has 2 rings (SSSR count). The maximum atomic E-state index is 12.9. The fourth-order valence-corrected chi connectivity index (χ4v) is 2.61. The van der Waals surface area contributed by atoms with Crippen LogP contribution in [0.3, 0.4) is 0 Å². The first-order valence-electron chi connectivity index (χ1n) is 8.20. The second-order valence-electron chi connectivity index (χ2n) is 5.71. The summed E-state index contributed by atoms with van der Waals surface area (Å²) in [5, 5.41) is 19.9. The van der Waals surface area contributed by atoms with Crippen molar-refractivity contribution in [2.75, 3.05) is 20.3 Å². The van der Waals surface area contributed by atoms with Crippen LogP contribution in [0.25, 0.3) is 0 Å². The maximum absolute atomic E-state index is 12.9. The van der Waals surface area contributed by atoms with Crippen molar-refractivity contribution in [1.82, 2.24) is 4.57 Å². The Morgan fingerprint density at radius 1 is 1.37 bits per heavy atom. The van der Waals surface area contributed by atoms with Gasteiger partial charge >= 0.3 is 0 Å². The van der Waals surface area contributed by atoms with Crippen LogP contribution in [0.2, 0.25) is 0 Å². The molecule has 2 aromatic rings. The average molecular weight is 368 g/mol. The van der Waals surface area contributed by atoms with E-state index >= 15 is 0 Å². The van der Waals surface area contributed by atoms with E-state index in [-0.39, 0.29) is 29.8 Å². The zero-order chi connectivity index (χ0) is 20.0. The van der Waals surface area contributed by atoms with E-state index in [2.05, 4.69) is 6.58 Å². The van der Waals surface area contributed by atoms with Crippen LogP contribution >= 0.6 is 0 Å². The van der Waals surface area contributed by atoms with Crippen molar-refractivity contribution >= 4 is 5.78 Å². The smallest absolute Gasteiger partial charge is 0.271 e. The highest BCUT2D eigenvalue weighted by atomic mass is 16.5. The molecular formula is C20H20N2O5. The number of carbonyl (C=O) groups excluding carboxylic acids is 1. The Hall–Kier alpha value is -3.37. The summed E-state index contributed by atoms with van der Waals surface area (Å²) in [6, 6.07) is 8.16. The molecular weight excluding hydrogens is 348 g/mol. The van der Waals surface area contributed by atoms with Crippen molar-refractivity contribution in [1.29, 1.82) is 5.26 Å². The van der Waals surface area contributed by atoms with Gasteiger partial charge in [-0.05, 0) is 36.8 Å². The Labute approximate surface area is 156 Å². The summed E-state index contributed by atoms with van der Waals surface area (Å²) in [5.74, 6) is -0.413. The summed E-state index contributed by atoms with van der Waals surface area (Å²) in [6.07, 6.45) is 1.60. The number of methoxy groups -OCH3 is 1. The minimum atomic E-state index is -0.658. The minimum Gasteiger partial charge on any atom is -0.494 e. The van der Waals surface area contributed by atoms with Crippen LogP contribution in [0.1, 0.15) is 27.0 Å². The molecule has 0 fully saturated rings. The van der Waals surface area contributed by atoms with E-state index in [9.17, 15) is 20.0 Å². The Kier molecular flexibility index (Phi) is 6.52. The summed E-state index contributed by atoms with van der Waals surface area (Å²) >= 11 is 0. The predicted molar refractivity (Wildman–Crippen MR) is 99.3 cm³/mol. The standard InChI is InChI=1S/C20H20N2O5/c1-4-10-27-15-7-5-14(6-8-15)18(23)17-13(2)16(12-21)19(24)22(20(17)25)9-11-26-3/h4-8,25H,1,9-11H2,2-3H3. The lowest BCUT2D eigenvalue weighted by atomic mass is 9.97. The SMILES string of the molecule is C=CCOc1ccc(C(=O)c2c(C)c(C#N)c(=O)n(CCOC)c2O)cc1. The molecule has 0 saturated heterocycles. The molecule has 0 bridgehead atoms. The largest absolute Gasteiger partial charge is 0.494 e. The van der Waals surface area contributed by atoms with Gasteiger partial charge in [0, 0.05) is 12.7 Å². The molecule has 0 spiro atoms. The van der Waals surface area contributed by atoms with Crippen LogP contribution in [0, 0.1) is 18.3 Å². The van der Waals surface area contributed by atoms with Crippen LogP contribution in [0.5, 0.6) is 11.6 Å². The van der Waals surface area contributed by atoms with Gasteiger partial charge in [0.05, 0.1) is 18.7 Å². The number of nitriles is 1. The normalized spacial score (nSPS) is 10.3. The van der Waals surface area contributed by atoms with Gasteiger partial charge in [0.1, 0.15) is 24.0 Å². The topological polar surface area (TPSA) is 102 Å². The molecule has 1 aromatic carbocycles. The van der Waals surface area contributed by atoms with Gasteiger partial charge in [-0.2, -0.15) is 5.26 Å². The molecule has 1 N–H and O–H groups in total. The van der Waals surface area contributed by atoms with Crippen LogP contribution in [-0.4, -0.2) is 35.8 Å². The van der Waals surface area contributed by atoms with E-state index in [0.29, 0.717) is 17.9 Å². The second kappa shape index (κ2) is 8.83. The van der Waals surface area contributed by atoms with Crippen LogP contribution in [0.4, 0.5) is 0 Å². The van der Waals surface area contributed by atoms with Crippen molar-refractivity contribution in [3.05, 3.63) is 69.5 Å². The van der Waals surface area contributed by atoms with Gasteiger partial charge in [0.25, 0.3) is 5.56 Å². The van der Waals surface area contributed by atoms with Crippen LogP contribution in [-0.2, 0) is 11.3 Å². The third kappa shape index (κ3) is 4.07. The molecule has 0 amide bonds. The lowest BCUT2D eigenvalue weighted by molar-refractivity contribution is 0.103. The van der Waals surface area contributed by atoms with Crippen molar-refractivity contribution in [2.45, 2.75) is 13.5 Å². The first kappa shape index (κ1) is 19.9. The van der Waals surface area contributed by atoms with Gasteiger partial charge in [-0.15, -0.1) is 0 Å². The highest BCUT2D eigenvalue weighted by molar-refractivity contribution is 6.11. The average Bonchev–Trinajstić information content (AvgIpc) is 2.67. The van der Waals surface area contributed by atoms with Crippen molar-refractivity contribution in [2.24, 2.45) is 0 Å². The van der Waals surface area contributed by atoms with Crippen molar-refractivity contribution in [3.8, 4) is 17.7 Å². The Morgan fingerprint density at radius 2 is 2.04 bits per heavy atom. The Balaban J connectivity index is 2.53. The fraction of sp³-hybridized carbons (Fsp3) is 0.250. The van der Waals surface area contributed by atoms with Gasteiger partial charge in [-0.1, -0.05) is 12.7 Å². The minimum absolute atomic E-state index is 0.0186. The highest BCUT2D eigenvalue weighted by Crippen LogP contribution is 2.25. The number of rotatable bonds is 8. The number of hydrogen-bond acceptors (Lipinski definition) is 6. The van der Waals surface area contributed by atoms with E-state index in [0.717, 1.165) is 4.57 Å².